The van der Waals surface area contributed by atoms with Gasteiger partial charge in [-0.25, -0.2) is 5.43 Å². The number of carbonyl (C=O) groups is 1. The molecule has 3 rings (SSSR count). The van der Waals surface area contributed by atoms with Gasteiger partial charge in [-0.1, -0.05) is 29.3 Å². The lowest BCUT2D eigenvalue weighted by Gasteiger charge is -2.00. The lowest BCUT2D eigenvalue weighted by Crippen LogP contribution is -2.18. The average molecular weight is 360 g/mol. The maximum atomic E-state index is 12.0. The van der Waals surface area contributed by atoms with E-state index < -0.39 is 5.91 Å². The van der Waals surface area contributed by atoms with Gasteiger partial charge in [0.15, 0.2) is 0 Å². The number of aromatic amines is 1. The molecule has 0 aliphatic rings. The number of pyridine rings is 1. The van der Waals surface area contributed by atoms with E-state index >= 15 is 0 Å². The van der Waals surface area contributed by atoms with Gasteiger partial charge < -0.3 is 0 Å². The number of halogens is 2. The Balaban J connectivity index is 1.71. The highest BCUT2D eigenvalue weighted by Crippen LogP contribution is 2.29. The molecular weight excluding hydrogens is 349 g/mol. The van der Waals surface area contributed by atoms with E-state index in [4.69, 9.17) is 23.2 Å². The second kappa shape index (κ2) is 7.25. The van der Waals surface area contributed by atoms with Gasteiger partial charge in [0.05, 0.1) is 22.6 Å². The lowest BCUT2D eigenvalue weighted by atomic mass is 10.1. The average Bonchev–Trinajstić information content (AvgIpc) is 3.05. The number of hydrogen-bond donors (Lipinski definition) is 2. The molecule has 24 heavy (non-hydrogen) atoms. The summed E-state index contributed by atoms with van der Waals surface area (Å²) in [6.45, 7) is 0. The molecule has 0 bridgehead atoms. The number of carbonyl (C=O) groups excluding carboxylic acids is 1. The molecule has 0 fully saturated rings. The summed E-state index contributed by atoms with van der Waals surface area (Å²) in [6.07, 6.45) is 3.09. The quantitative estimate of drug-likeness (QED) is 0.551. The van der Waals surface area contributed by atoms with Gasteiger partial charge in [0.25, 0.3) is 5.91 Å². The zero-order valence-corrected chi connectivity index (χ0v) is 13.7. The minimum Gasteiger partial charge on any atom is -0.272 e. The number of nitrogens with zero attached hydrogens (tertiary/aromatic N) is 3. The number of nitrogens with one attached hydrogen (secondary N) is 2. The standard InChI is InChI=1S/C16H11Cl2N5O/c17-10-4-5-12(13(18)7-10)14-8-15(22-21-14)16(24)23-20-9-11-3-1-2-6-19-11/h1-9H,(H,21,22)(H,23,24)/b20-9+. The van der Waals surface area contributed by atoms with Crippen LogP contribution >= 0.6 is 23.2 Å². The monoisotopic (exact) mass is 359 g/mol. The fraction of sp³-hybridized carbons (Fsp3) is 0. The van der Waals surface area contributed by atoms with Crippen LogP contribution in [0.25, 0.3) is 11.3 Å². The first-order valence-electron chi connectivity index (χ1n) is 6.89. The van der Waals surface area contributed by atoms with Crippen molar-refractivity contribution in [2.24, 2.45) is 5.10 Å². The van der Waals surface area contributed by atoms with Gasteiger partial charge in [0.1, 0.15) is 5.69 Å². The molecule has 8 heteroatoms. The number of amides is 1. The minimum absolute atomic E-state index is 0.259. The minimum atomic E-state index is -0.425. The van der Waals surface area contributed by atoms with Crippen LogP contribution in [0.5, 0.6) is 0 Å². The van der Waals surface area contributed by atoms with Gasteiger partial charge in [0, 0.05) is 16.8 Å². The molecule has 2 heterocycles. The van der Waals surface area contributed by atoms with Crippen LogP contribution in [0.2, 0.25) is 10.0 Å². The molecule has 0 radical (unpaired) electrons. The number of aromatic nitrogens is 3. The van der Waals surface area contributed by atoms with E-state index in [0.717, 1.165) is 0 Å². The van der Waals surface area contributed by atoms with Crippen molar-refractivity contribution in [2.75, 3.05) is 0 Å². The molecule has 0 spiro atoms. The summed E-state index contributed by atoms with van der Waals surface area (Å²) in [5.41, 5.74) is 4.51. The highest BCUT2D eigenvalue weighted by molar-refractivity contribution is 6.36. The second-order valence-electron chi connectivity index (χ2n) is 4.74. The summed E-state index contributed by atoms with van der Waals surface area (Å²) in [4.78, 5) is 16.1. The first kappa shape index (κ1) is 16.2. The van der Waals surface area contributed by atoms with E-state index in [1.54, 1.807) is 42.6 Å². The second-order valence-corrected chi connectivity index (χ2v) is 5.59. The van der Waals surface area contributed by atoms with Crippen molar-refractivity contribution in [1.29, 1.82) is 0 Å². The molecule has 3 aromatic rings. The Morgan fingerprint density at radius 3 is 2.83 bits per heavy atom. The summed E-state index contributed by atoms with van der Waals surface area (Å²) in [7, 11) is 0. The fourth-order valence-electron chi connectivity index (χ4n) is 1.94. The molecule has 0 aliphatic carbocycles. The van der Waals surface area contributed by atoms with E-state index in [9.17, 15) is 4.79 Å². The van der Waals surface area contributed by atoms with Gasteiger partial charge in [-0.15, -0.1) is 0 Å². The number of benzene rings is 1. The van der Waals surface area contributed by atoms with Crippen molar-refractivity contribution in [3.8, 4) is 11.3 Å². The number of hydrogen-bond acceptors (Lipinski definition) is 4. The van der Waals surface area contributed by atoms with E-state index in [1.807, 2.05) is 6.07 Å². The molecule has 6 nitrogen and oxygen atoms in total. The Morgan fingerprint density at radius 2 is 2.08 bits per heavy atom. The maximum Gasteiger partial charge on any atom is 0.289 e. The molecule has 120 valence electrons. The van der Waals surface area contributed by atoms with Crippen LogP contribution in [0.3, 0.4) is 0 Å². The Hall–Kier alpha value is -2.70. The molecule has 0 atom stereocenters. The lowest BCUT2D eigenvalue weighted by molar-refractivity contribution is 0.0950. The summed E-state index contributed by atoms with van der Waals surface area (Å²) >= 11 is 12.0. The first-order valence-corrected chi connectivity index (χ1v) is 7.64. The van der Waals surface area contributed by atoms with E-state index in [2.05, 4.69) is 25.7 Å². The van der Waals surface area contributed by atoms with Crippen LogP contribution in [0.4, 0.5) is 0 Å². The van der Waals surface area contributed by atoms with Crippen molar-refractivity contribution in [3.05, 3.63) is 70.1 Å². The third-order valence-corrected chi connectivity index (χ3v) is 3.63. The number of H-pyrrole nitrogens is 1. The molecule has 2 N–H and O–H groups in total. The van der Waals surface area contributed by atoms with Crippen LogP contribution in [0.15, 0.2) is 53.8 Å². The van der Waals surface area contributed by atoms with Crippen molar-refractivity contribution in [2.45, 2.75) is 0 Å². The van der Waals surface area contributed by atoms with E-state index in [-0.39, 0.29) is 5.69 Å². The van der Waals surface area contributed by atoms with Crippen LogP contribution in [0, 0.1) is 0 Å². The number of hydrazone groups is 1. The van der Waals surface area contributed by atoms with Crippen LogP contribution in [0.1, 0.15) is 16.2 Å². The van der Waals surface area contributed by atoms with Gasteiger partial charge in [0.2, 0.25) is 0 Å². The number of rotatable bonds is 4. The van der Waals surface area contributed by atoms with Crippen LogP contribution < -0.4 is 5.43 Å². The zero-order chi connectivity index (χ0) is 16.9. The predicted molar refractivity (Wildman–Crippen MR) is 93.3 cm³/mol. The molecule has 0 saturated carbocycles. The largest absolute Gasteiger partial charge is 0.289 e. The summed E-state index contributed by atoms with van der Waals surface area (Å²) in [6, 6.07) is 12.0. The molecule has 2 aromatic heterocycles. The van der Waals surface area contributed by atoms with E-state index in [0.29, 0.717) is 27.0 Å². The van der Waals surface area contributed by atoms with Crippen LogP contribution in [-0.4, -0.2) is 27.3 Å². The molecule has 0 saturated heterocycles. The molecule has 0 aliphatic heterocycles. The Labute approximate surface area is 147 Å². The third-order valence-electron chi connectivity index (χ3n) is 3.08. The topological polar surface area (TPSA) is 83.0 Å². The van der Waals surface area contributed by atoms with Crippen molar-refractivity contribution < 1.29 is 4.79 Å². The highest BCUT2D eigenvalue weighted by Gasteiger charge is 2.12. The molecule has 1 amide bonds. The molecule has 0 unspecified atom stereocenters. The maximum absolute atomic E-state index is 12.0. The SMILES string of the molecule is O=C(N/N=C/c1ccccn1)c1cc(-c2ccc(Cl)cc2Cl)n[nH]1. The molecule has 1 aromatic carbocycles. The highest BCUT2D eigenvalue weighted by atomic mass is 35.5. The zero-order valence-electron chi connectivity index (χ0n) is 12.2. The van der Waals surface area contributed by atoms with Gasteiger partial charge in [-0.3, -0.25) is 14.9 Å². The normalized spacial score (nSPS) is 10.9. The van der Waals surface area contributed by atoms with Gasteiger partial charge in [-0.05, 0) is 36.4 Å². The predicted octanol–water partition coefficient (Wildman–Crippen LogP) is 3.54. The summed E-state index contributed by atoms with van der Waals surface area (Å²) in [5, 5.41) is 11.6. The fourth-order valence-corrected chi connectivity index (χ4v) is 2.45. The van der Waals surface area contributed by atoms with Crippen molar-refractivity contribution in [3.63, 3.8) is 0 Å². The van der Waals surface area contributed by atoms with Gasteiger partial charge >= 0.3 is 0 Å². The summed E-state index contributed by atoms with van der Waals surface area (Å²) < 4.78 is 0. The van der Waals surface area contributed by atoms with Crippen molar-refractivity contribution in [1.82, 2.24) is 20.6 Å². The van der Waals surface area contributed by atoms with Crippen molar-refractivity contribution >= 4 is 35.3 Å². The third kappa shape index (κ3) is 3.79. The van der Waals surface area contributed by atoms with Crippen LogP contribution in [-0.2, 0) is 0 Å². The molecular formula is C16H11Cl2N5O. The smallest absolute Gasteiger partial charge is 0.272 e. The van der Waals surface area contributed by atoms with E-state index in [1.165, 1.54) is 6.21 Å². The Bertz CT molecular complexity index is 892. The summed E-state index contributed by atoms with van der Waals surface area (Å²) in [5.74, 6) is -0.425. The Kier molecular flexibility index (Phi) is 4.88. The first-order chi connectivity index (χ1) is 11.6. The Morgan fingerprint density at radius 1 is 1.21 bits per heavy atom. The van der Waals surface area contributed by atoms with Gasteiger partial charge in [-0.2, -0.15) is 10.2 Å².